The van der Waals surface area contributed by atoms with Crippen LogP contribution in [0.3, 0.4) is 0 Å². The van der Waals surface area contributed by atoms with Crippen LogP contribution >= 0.6 is 0 Å². The molecule has 2 unspecified atom stereocenters. The van der Waals surface area contributed by atoms with Crippen molar-refractivity contribution in [2.45, 2.75) is 45.1 Å². The molecule has 0 aromatic rings. The van der Waals surface area contributed by atoms with Crippen molar-refractivity contribution in [1.82, 2.24) is 9.62 Å². The number of quaternary nitrogens is 1. The van der Waals surface area contributed by atoms with Gasteiger partial charge in [-0.25, -0.2) is 4.79 Å². The Labute approximate surface area is 143 Å². The zero-order valence-corrected chi connectivity index (χ0v) is 15.3. The van der Waals surface area contributed by atoms with E-state index in [9.17, 15) is 23.2 Å². The molecule has 0 spiro atoms. The van der Waals surface area contributed by atoms with Gasteiger partial charge in [-0.1, -0.05) is 6.92 Å². The summed E-state index contributed by atoms with van der Waals surface area (Å²) in [6.07, 6.45) is 0.898. The fourth-order valence-corrected chi connectivity index (χ4v) is 4.35. The Morgan fingerprint density at radius 2 is 1.92 bits per heavy atom. The van der Waals surface area contributed by atoms with Crippen LogP contribution in [0.25, 0.3) is 0 Å². The van der Waals surface area contributed by atoms with Gasteiger partial charge >= 0.3 is 16.1 Å². The largest absolute Gasteiger partial charge is 0.608 e. The van der Waals surface area contributed by atoms with Gasteiger partial charge in [-0.15, -0.1) is 0 Å². The van der Waals surface area contributed by atoms with Gasteiger partial charge in [-0.3, -0.25) is 4.79 Å². The number of primary amides is 1. The molecular formula is C14H28N4O5S. The maximum Gasteiger partial charge on any atom is 0.379 e. The monoisotopic (exact) mass is 364 g/mol. The van der Waals surface area contributed by atoms with E-state index in [4.69, 9.17) is 5.73 Å². The molecule has 0 radical (unpaired) electrons. The number of nitrogens with two attached hydrogens (primary N) is 1. The zero-order chi connectivity index (χ0) is 18.5. The number of nitrogens with zero attached hydrogens (tertiary/aromatic N) is 2. The predicted octanol–water partition coefficient (Wildman–Crippen LogP) is -0.322. The van der Waals surface area contributed by atoms with Crippen molar-refractivity contribution in [3.8, 4) is 0 Å². The summed E-state index contributed by atoms with van der Waals surface area (Å²) >= 11 is 0. The van der Waals surface area contributed by atoms with E-state index in [0.717, 1.165) is 4.31 Å². The normalized spacial score (nSPS) is 23.3. The van der Waals surface area contributed by atoms with E-state index in [1.54, 1.807) is 6.92 Å². The second-order valence-corrected chi connectivity index (χ2v) is 8.73. The number of amides is 2. The molecule has 1 saturated heterocycles. The summed E-state index contributed by atoms with van der Waals surface area (Å²) in [6.45, 7) is 2.77. The van der Waals surface area contributed by atoms with Gasteiger partial charge in [-0.2, -0.15) is 16.8 Å². The Bertz CT molecular complexity index is 558. The summed E-state index contributed by atoms with van der Waals surface area (Å²) in [7, 11) is -1.92. The molecule has 0 aliphatic carbocycles. The van der Waals surface area contributed by atoms with Crippen molar-refractivity contribution >= 4 is 22.0 Å². The summed E-state index contributed by atoms with van der Waals surface area (Å²) < 4.78 is 24.2. The summed E-state index contributed by atoms with van der Waals surface area (Å²) in [5.41, 5.74) is 5.11. The van der Waals surface area contributed by atoms with Gasteiger partial charge in [0.15, 0.2) is 0 Å². The van der Waals surface area contributed by atoms with Crippen LogP contribution in [0.1, 0.15) is 39.0 Å². The highest BCUT2D eigenvalue weighted by molar-refractivity contribution is 7.83. The number of hydrogen-bond acceptors (Lipinski definition) is 6. The third-order valence-electron chi connectivity index (χ3n) is 4.25. The van der Waals surface area contributed by atoms with Crippen LogP contribution in [0, 0.1) is 11.1 Å². The fourth-order valence-electron chi connectivity index (χ4n) is 2.94. The lowest BCUT2D eigenvalue weighted by Crippen LogP contribution is -2.62. The molecule has 140 valence electrons. The van der Waals surface area contributed by atoms with Gasteiger partial charge in [0.25, 0.3) is 0 Å². The summed E-state index contributed by atoms with van der Waals surface area (Å²) in [4.78, 5) is 23.7. The first-order chi connectivity index (χ1) is 11.0. The van der Waals surface area contributed by atoms with Crippen molar-refractivity contribution in [2.75, 3.05) is 27.2 Å². The van der Waals surface area contributed by atoms with Crippen LogP contribution in [-0.2, 0) is 19.8 Å². The Hall–Kier alpha value is -1.07. The fraction of sp³-hybridized carbons (Fsp3) is 0.857. The number of hydrogen-bond donors (Lipinski definition) is 2. The summed E-state index contributed by atoms with van der Waals surface area (Å²) in [5.74, 6) is -2.01. The van der Waals surface area contributed by atoms with E-state index in [1.807, 2.05) is 0 Å². The van der Waals surface area contributed by atoms with Gasteiger partial charge in [0.1, 0.15) is 6.04 Å². The quantitative estimate of drug-likeness (QED) is 0.470. The predicted molar refractivity (Wildman–Crippen MR) is 89.3 cm³/mol. The van der Waals surface area contributed by atoms with Crippen LogP contribution in [-0.4, -0.2) is 61.8 Å². The maximum atomic E-state index is 13.4. The molecule has 1 rings (SSSR count). The van der Waals surface area contributed by atoms with Gasteiger partial charge in [0, 0.05) is 39.9 Å². The van der Waals surface area contributed by atoms with E-state index in [-0.39, 0.29) is 12.8 Å². The lowest BCUT2D eigenvalue weighted by Gasteiger charge is -2.44. The third kappa shape index (κ3) is 4.51. The molecule has 1 fully saturated rings. The Morgan fingerprint density at radius 3 is 2.46 bits per heavy atom. The first kappa shape index (κ1) is 21.0. The molecule has 2 amide bonds. The SMILES string of the molecule is C[C@@H](CC(N)=O)CC(=O)[N+]([O-])(C1CCCNCC1)S(=O)(=O)N(C)C. The lowest BCUT2D eigenvalue weighted by atomic mass is 10.0. The number of rotatable bonds is 7. The van der Waals surface area contributed by atoms with Crippen LogP contribution in [0.4, 0.5) is 0 Å². The second kappa shape index (κ2) is 8.34. The molecular weight excluding hydrogens is 336 g/mol. The molecule has 10 heteroatoms. The van der Waals surface area contributed by atoms with Crippen molar-refractivity contribution in [3.05, 3.63) is 5.21 Å². The molecule has 1 heterocycles. The molecule has 24 heavy (non-hydrogen) atoms. The highest BCUT2D eigenvalue weighted by Gasteiger charge is 2.49. The first-order valence-electron chi connectivity index (χ1n) is 8.08. The molecule has 3 N–H and O–H groups in total. The van der Waals surface area contributed by atoms with Crippen molar-refractivity contribution in [1.29, 1.82) is 0 Å². The highest BCUT2D eigenvalue weighted by atomic mass is 32.2. The smallest absolute Gasteiger partial charge is 0.379 e. The van der Waals surface area contributed by atoms with Gasteiger partial charge in [0.2, 0.25) is 5.91 Å². The first-order valence-corrected chi connectivity index (χ1v) is 9.48. The van der Waals surface area contributed by atoms with E-state index >= 15 is 0 Å². The number of hydroxylamine groups is 2. The minimum absolute atomic E-state index is 0.0695. The average molecular weight is 364 g/mol. The molecule has 0 saturated carbocycles. The van der Waals surface area contributed by atoms with E-state index in [2.05, 4.69) is 5.32 Å². The minimum atomic E-state index is -4.41. The lowest BCUT2D eigenvalue weighted by molar-refractivity contribution is -0.708. The number of carbonyl (C=O) groups is 2. The molecule has 1 aliphatic rings. The van der Waals surface area contributed by atoms with Crippen LogP contribution in [0.2, 0.25) is 0 Å². The van der Waals surface area contributed by atoms with Crippen LogP contribution < -0.4 is 11.1 Å². The molecule has 1 aliphatic heterocycles. The molecule has 3 atom stereocenters. The number of nitrogens with one attached hydrogen (secondary N) is 1. The van der Waals surface area contributed by atoms with E-state index in [1.165, 1.54) is 14.1 Å². The van der Waals surface area contributed by atoms with Gasteiger partial charge in [0.05, 0.1) is 6.42 Å². The number of carbonyl (C=O) groups excluding carboxylic acids is 2. The van der Waals surface area contributed by atoms with Crippen molar-refractivity contribution in [3.63, 3.8) is 0 Å². The van der Waals surface area contributed by atoms with Crippen LogP contribution in [0.15, 0.2) is 0 Å². The van der Waals surface area contributed by atoms with E-state index in [0.29, 0.717) is 32.4 Å². The highest BCUT2D eigenvalue weighted by Crippen LogP contribution is 2.30. The summed E-state index contributed by atoms with van der Waals surface area (Å²) in [6, 6.07) is -0.860. The van der Waals surface area contributed by atoms with Gasteiger partial charge in [-0.05, 0) is 18.9 Å². The zero-order valence-electron chi connectivity index (χ0n) is 14.5. The Morgan fingerprint density at radius 1 is 1.29 bits per heavy atom. The van der Waals surface area contributed by atoms with E-state index < -0.39 is 38.0 Å². The Kier molecular flexibility index (Phi) is 7.29. The minimum Gasteiger partial charge on any atom is -0.608 e. The molecule has 0 aromatic heterocycles. The third-order valence-corrected chi connectivity index (χ3v) is 6.36. The van der Waals surface area contributed by atoms with Gasteiger partial charge < -0.3 is 16.3 Å². The molecule has 0 aromatic carbocycles. The summed E-state index contributed by atoms with van der Waals surface area (Å²) in [5, 5.41) is 16.5. The van der Waals surface area contributed by atoms with Crippen molar-refractivity contribution < 1.29 is 22.1 Å². The standard InChI is InChI=1S/C14H28N4O5S/c1-11(9-13(15)19)10-14(20)18(21,24(22,23)17(2)3)12-5-4-7-16-8-6-12/h11-12,16H,4-10H2,1-3H3,(H2,15,19)/t11-,12?,18?/m0/s1. The maximum absolute atomic E-state index is 13.4. The molecule has 9 nitrogen and oxygen atoms in total. The topological polar surface area (TPSA) is 133 Å². The molecule has 0 bridgehead atoms. The second-order valence-electron chi connectivity index (χ2n) is 6.57. The average Bonchev–Trinajstić information content (AvgIpc) is 2.74. The van der Waals surface area contributed by atoms with Crippen LogP contribution in [0.5, 0.6) is 0 Å². The van der Waals surface area contributed by atoms with Crippen molar-refractivity contribution in [2.24, 2.45) is 11.7 Å². The Balaban J connectivity index is 3.17.